The fourth-order valence-corrected chi connectivity index (χ4v) is 6.20. The van der Waals surface area contributed by atoms with Crippen LogP contribution in [0.15, 0.2) is 59.5 Å². The molecule has 2 aliphatic rings. The molecule has 2 amide bonds. The molecule has 0 N–H and O–H groups in total. The van der Waals surface area contributed by atoms with Gasteiger partial charge >= 0.3 is 0 Å². The Kier molecular flexibility index (Phi) is 8.06. The van der Waals surface area contributed by atoms with Gasteiger partial charge in [0.25, 0.3) is 11.1 Å². The molecule has 0 atom stereocenters. The highest BCUT2D eigenvalue weighted by Crippen LogP contribution is 2.40. The molecule has 3 aromatic carbocycles. The van der Waals surface area contributed by atoms with Crippen molar-refractivity contribution in [2.75, 3.05) is 13.2 Å². The highest BCUT2D eigenvalue weighted by Gasteiger charge is 2.36. The fraction of sp³-hybridized carbons (Fsp3) is 0.333. The number of amides is 2. The summed E-state index contributed by atoms with van der Waals surface area (Å²) in [6.45, 7) is 3.17. The third-order valence-corrected chi connectivity index (χ3v) is 8.11. The van der Waals surface area contributed by atoms with Crippen LogP contribution in [-0.4, -0.2) is 29.2 Å². The van der Waals surface area contributed by atoms with E-state index in [1.54, 1.807) is 12.1 Å². The third-order valence-electron chi connectivity index (χ3n) is 6.92. The van der Waals surface area contributed by atoms with Crippen molar-refractivity contribution in [3.8, 4) is 11.5 Å². The van der Waals surface area contributed by atoms with Crippen LogP contribution in [0.25, 0.3) is 16.8 Å². The van der Waals surface area contributed by atoms with Crippen molar-refractivity contribution in [2.45, 2.75) is 45.6 Å². The Hall–Kier alpha value is -2.96. The average Bonchev–Trinajstić information content (AvgIpc) is 3.16. The molecule has 1 aliphatic carbocycles. The molecule has 2 fully saturated rings. The fourth-order valence-electron chi connectivity index (χ4n) is 5.08. The standard InChI is InChI=1S/C30H30ClNO4S/c1-2-35-26-16-21(17-27-29(33)32(30(34)37-27)18-20-9-4-3-5-10-20)15-25(31)28(26)36-19-23-13-8-12-22-11-6-7-14-24(22)23/h6-8,11-17,20H,2-5,9-10,18-19H2,1H3/b27-17+. The maximum atomic E-state index is 13.1. The van der Waals surface area contributed by atoms with Crippen molar-refractivity contribution in [1.29, 1.82) is 0 Å². The Labute approximate surface area is 226 Å². The maximum Gasteiger partial charge on any atom is 0.293 e. The van der Waals surface area contributed by atoms with Gasteiger partial charge in [0.15, 0.2) is 11.5 Å². The lowest BCUT2D eigenvalue weighted by Gasteiger charge is -2.25. The molecule has 0 unspecified atom stereocenters. The summed E-state index contributed by atoms with van der Waals surface area (Å²) < 4.78 is 12.0. The van der Waals surface area contributed by atoms with Gasteiger partial charge in [-0.15, -0.1) is 0 Å². The molecule has 5 rings (SSSR count). The molecule has 7 heteroatoms. The van der Waals surface area contributed by atoms with Crippen LogP contribution in [0.2, 0.25) is 5.02 Å². The number of thioether (sulfide) groups is 1. The molecule has 0 aromatic heterocycles. The largest absolute Gasteiger partial charge is 0.490 e. The van der Waals surface area contributed by atoms with Crippen molar-refractivity contribution < 1.29 is 19.1 Å². The predicted octanol–water partition coefficient (Wildman–Crippen LogP) is 8.09. The van der Waals surface area contributed by atoms with Crippen LogP contribution in [0.5, 0.6) is 11.5 Å². The van der Waals surface area contributed by atoms with E-state index in [2.05, 4.69) is 18.2 Å². The molecule has 0 spiro atoms. The third kappa shape index (κ3) is 5.81. The van der Waals surface area contributed by atoms with Gasteiger partial charge in [0.05, 0.1) is 16.5 Å². The number of fused-ring (bicyclic) bond motifs is 1. The van der Waals surface area contributed by atoms with Crippen molar-refractivity contribution >= 4 is 51.4 Å². The first kappa shape index (κ1) is 25.7. The zero-order valence-electron chi connectivity index (χ0n) is 20.9. The number of nitrogens with zero attached hydrogens (tertiary/aromatic N) is 1. The number of carbonyl (C=O) groups excluding carboxylic acids is 2. The minimum Gasteiger partial charge on any atom is -0.490 e. The zero-order chi connectivity index (χ0) is 25.8. The van der Waals surface area contributed by atoms with Gasteiger partial charge in [0.2, 0.25) is 0 Å². The SMILES string of the molecule is CCOc1cc(/C=C2/SC(=O)N(CC3CCCCC3)C2=O)cc(Cl)c1OCc1cccc2ccccc12. The minimum absolute atomic E-state index is 0.201. The number of benzene rings is 3. The summed E-state index contributed by atoms with van der Waals surface area (Å²) in [5.74, 6) is 1.13. The Balaban J connectivity index is 1.36. The molecular formula is C30H30ClNO4S. The molecule has 1 aliphatic heterocycles. The van der Waals surface area contributed by atoms with Crippen molar-refractivity contribution in [3.63, 3.8) is 0 Å². The number of rotatable bonds is 8. The smallest absolute Gasteiger partial charge is 0.293 e. The van der Waals surface area contributed by atoms with E-state index in [1.165, 1.54) is 24.2 Å². The van der Waals surface area contributed by atoms with Gasteiger partial charge in [-0.2, -0.15) is 0 Å². The molecule has 1 saturated carbocycles. The van der Waals surface area contributed by atoms with Crippen LogP contribution >= 0.6 is 23.4 Å². The highest BCUT2D eigenvalue weighted by molar-refractivity contribution is 8.18. The predicted molar refractivity (Wildman–Crippen MR) is 150 cm³/mol. The molecule has 1 saturated heterocycles. The Bertz CT molecular complexity index is 1340. The molecule has 0 radical (unpaired) electrons. The molecular weight excluding hydrogens is 506 g/mol. The van der Waals surface area contributed by atoms with E-state index in [4.69, 9.17) is 21.1 Å². The molecule has 192 valence electrons. The Morgan fingerprint density at radius 2 is 1.81 bits per heavy atom. The van der Waals surface area contributed by atoms with E-state index in [1.807, 2.05) is 37.3 Å². The van der Waals surface area contributed by atoms with Gasteiger partial charge in [-0.1, -0.05) is 73.3 Å². The second kappa shape index (κ2) is 11.6. The van der Waals surface area contributed by atoms with Crippen LogP contribution in [0.3, 0.4) is 0 Å². The number of halogens is 1. The van der Waals surface area contributed by atoms with E-state index < -0.39 is 0 Å². The number of hydrogen-bond donors (Lipinski definition) is 0. The van der Waals surface area contributed by atoms with Gasteiger partial charge in [0, 0.05) is 6.54 Å². The topological polar surface area (TPSA) is 55.8 Å². The Morgan fingerprint density at radius 3 is 2.62 bits per heavy atom. The zero-order valence-corrected chi connectivity index (χ0v) is 22.4. The number of imide groups is 1. The lowest BCUT2D eigenvalue weighted by molar-refractivity contribution is -0.123. The van der Waals surface area contributed by atoms with E-state index in [9.17, 15) is 9.59 Å². The van der Waals surface area contributed by atoms with Gasteiger partial charge in [-0.05, 0) is 77.6 Å². The molecule has 1 heterocycles. The summed E-state index contributed by atoms with van der Waals surface area (Å²) in [7, 11) is 0. The van der Waals surface area contributed by atoms with E-state index in [-0.39, 0.29) is 11.1 Å². The maximum absolute atomic E-state index is 13.1. The van der Waals surface area contributed by atoms with E-state index >= 15 is 0 Å². The van der Waals surface area contributed by atoms with Crippen LogP contribution in [-0.2, 0) is 11.4 Å². The van der Waals surface area contributed by atoms with Gasteiger partial charge < -0.3 is 9.47 Å². The average molecular weight is 536 g/mol. The van der Waals surface area contributed by atoms with Crippen molar-refractivity contribution in [1.82, 2.24) is 4.90 Å². The first-order valence-electron chi connectivity index (χ1n) is 12.8. The quantitative estimate of drug-likeness (QED) is 0.273. The van der Waals surface area contributed by atoms with E-state index in [0.717, 1.165) is 40.9 Å². The first-order chi connectivity index (χ1) is 18.0. The van der Waals surface area contributed by atoms with E-state index in [0.29, 0.717) is 52.7 Å². The summed E-state index contributed by atoms with van der Waals surface area (Å²) in [6.07, 6.45) is 7.45. The normalized spacial score (nSPS) is 17.7. The molecule has 0 bridgehead atoms. The second-order valence-corrected chi connectivity index (χ2v) is 10.9. The molecule has 3 aromatic rings. The van der Waals surface area contributed by atoms with Gasteiger partial charge in [-0.25, -0.2) is 0 Å². The van der Waals surface area contributed by atoms with Crippen molar-refractivity contribution in [2.24, 2.45) is 5.92 Å². The van der Waals surface area contributed by atoms with Crippen LogP contribution in [0, 0.1) is 5.92 Å². The lowest BCUT2D eigenvalue weighted by Crippen LogP contribution is -2.34. The Morgan fingerprint density at radius 1 is 1.03 bits per heavy atom. The lowest BCUT2D eigenvalue weighted by atomic mass is 9.89. The summed E-state index contributed by atoms with van der Waals surface area (Å²) in [5.41, 5.74) is 1.74. The number of hydrogen-bond acceptors (Lipinski definition) is 5. The van der Waals surface area contributed by atoms with Crippen LogP contribution < -0.4 is 9.47 Å². The molecule has 37 heavy (non-hydrogen) atoms. The molecule has 5 nitrogen and oxygen atoms in total. The minimum atomic E-state index is -0.231. The first-order valence-corrected chi connectivity index (χ1v) is 14.0. The van der Waals surface area contributed by atoms with Gasteiger partial charge in [-0.3, -0.25) is 14.5 Å². The second-order valence-electron chi connectivity index (χ2n) is 9.49. The monoisotopic (exact) mass is 535 g/mol. The summed E-state index contributed by atoms with van der Waals surface area (Å²) in [5, 5.41) is 2.46. The summed E-state index contributed by atoms with van der Waals surface area (Å²) >= 11 is 7.65. The van der Waals surface area contributed by atoms with Gasteiger partial charge in [0.1, 0.15) is 6.61 Å². The highest BCUT2D eigenvalue weighted by atomic mass is 35.5. The number of carbonyl (C=O) groups is 2. The van der Waals surface area contributed by atoms with Crippen LogP contribution in [0.4, 0.5) is 4.79 Å². The summed E-state index contributed by atoms with van der Waals surface area (Å²) in [6, 6.07) is 17.8. The van der Waals surface area contributed by atoms with Crippen molar-refractivity contribution in [3.05, 3.63) is 75.7 Å². The summed E-state index contributed by atoms with van der Waals surface area (Å²) in [4.78, 5) is 27.5. The number of ether oxygens (including phenoxy) is 2. The van der Waals surface area contributed by atoms with Crippen LogP contribution in [0.1, 0.15) is 50.2 Å².